The Morgan fingerprint density at radius 1 is 1.26 bits per heavy atom. The minimum atomic E-state index is 0.0220. The van der Waals surface area contributed by atoms with Gasteiger partial charge in [-0.15, -0.1) is 0 Å². The summed E-state index contributed by atoms with van der Waals surface area (Å²) in [5.41, 5.74) is 1.07. The van der Waals surface area contributed by atoms with E-state index in [-0.39, 0.29) is 11.3 Å². The second-order valence-corrected chi connectivity index (χ2v) is 7.41. The largest absolute Gasteiger partial charge is 0.292 e. The standard InChI is InChI=1S/C15H17NOS2/c1-15(2,3)10-16-13(17)12(19-14(16)18)9-11-7-5-4-6-8-11/h4-9H,10H2,1-3H3/b12-9-. The number of benzene rings is 1. The van der Waals surface area contributed by atoms with E-state index < -0.39 is 0 Å². The number of amides is 1. The minimum absolute atomic E-state index is 0.0220. The third-order valence-electron chi connectivity index (χ3n) is 2.60. The van der Waals surface area contributed by atoms with Crippen molar-refractivity contribution in [1.29, 1.82) is 0 Å². The van der Waals surface area contributed by atoms with Crippen LogP contribution in [0.5, 0.6) is 0 Å². The van der Waals surface area contributed by atoms with E-state index in [0.717, 1.165) is 5.56 Å². The maximum Gasteiger partial charge on any atom is 0.266 e. The molecule has 1 aromatic rings. The Bertz CT molecular complexity index is 529. The van der Waals surface area contributed by atoms with Gasteiger partial charge in [-0.3, -0.25) is 9.69 Å². The summed E-state index contributed by atoms with van der Waals surface area (Å²) in [6.45, 7) is 6.97. The molecule has 0 unspecified atom stereocenters. The zero-order valence-electron chi connectivity index (χ0n) is 11.3. The van der Waals surface area contributed by atoms with Gasteiger partial charge >= 0.3 is 0 Å². The Balaban J connectivity index is 2.21. The third-order valence-corrected chi connectivity index (χ3v) is 3.98. The molecule has 2 nitrogen and oxygen atoms in total. The SMILES string of the molecule is CC(C)(C)CN1C(=O)/C(=C/c2ccccc2)SC1=S. The molecule has 1 amide bonds. The Morgan fingerprint density at radius 2 is 1.89 bits per heavy atom. The number of rotatable bonds is 2. The van der Waals surface area contributed by atoms with Gasteiger partial charge in [0.25, 0.3) is 5.91 Å². The van der Waals surface area contributed by atoms with Crippen molar-refractivity contribution in [2.75, 3.05) is 6.54 Å². The smallest absolute Gasteiger partial charge is 0.266 e. The van der Waals surface area contributed by atoms with Crippen LogP contribution in [0.15, 0.2) is 35.2 Å². The van der Waals surface area contributed by atoms with E-state index in [0.29, 0.717) is 15.8 Å². The van der Waals surface area contributed by atoms with Crippen molar-refractivity contribution < 1.29 is 4.79 Å². The molecule has 4 heteroatoms. The zero-order valence-corrected chi connectivity index (χ0v) is 13.0. The lowest BCUT2D eigenvalue weighted by atomic mass is 9.96. The highest BCUT2D eigenvalue weighted by molar-refractivity contribution is 8.26. The summed E-state index contributed by atoms with van der Waals surface area (Å²) in [5.74, 6) is 0.0220. The summed E-state index contributed by atoms with van der Waals surface area (Å²) in [6.07, 6.45) is 1.90. The highest BCUT2D eigenvalue weighted by Gasteiger charge is 2.34. The van der Waals surface area contributed by atoms with Gasteiger partial charge in [-0.25, -0.2) is 0 Å². The Hall–Kier alpha value is -1.13. The molecule has 0 N–H and O–H groups in total. The van der Waals surface area contributed by atoms with Crippen LogP contribution in [0.4, 0.5) is 0 Å². The van der Waals surface area contributed by atoms with Gasteiger partial charge in [-0.1, -0.05) is 75.1 Å². The molecule has 1 aliphatic heterocycles. The van der Waals surface area contributed by atoms with Gasteiger partial charge in [0.05, 0.1) is 4.91 Å². The number of hydrogen-bond acceptors (Lipinski definition) is 3. The van der Waals surface area contributed by atoms with Crippen molar-refractivity contribution in [2.24, 2.45) is 5.41 Å². The maximum absolute atomic E-state index is 12.3. The van der Waals surface area contributed by atoms with E-state index in [1.54, 1.807) is 4.90 Å². The van der Waals surface area contributed by atoms with Gasteiger partial charge in [-0.05, 0) is 17.1 Å². The van der Waals surface area contributed by atoms with Crippen molar-refractivity contribution in [1.82, 2.24) is 4.90 Å². The number of thiocarbonyl (C=S) groups is 1. The zero-order chi connectivity index (χ0) is 14.0. The van der Waals surface area contributed by atoms with E-state index in [1.165, 1.54) is 11.8 Å². The third kappa shape index (κ3) is 3.67. The summed E-state index contributed by atoms with van der Waals surface area (Å²) < 4.78 is 0.655. The van der Waals surface area contributed by atoms with E-state index in [1.807, 2.05) is 36.4 Å². The molecular formula is C15H17NOS2. The molecule has 0 aliphatic carbocycles. The van der Waals surface area contributed by atoms with Crippen molar-refractivity contribution in [3.8, 4) is 0 Å². The monoisotopic (exact) mass is 291 g/mol. The lowest BCUT2D eigenvalue weighted by Gasteiger charge is -2.25. The predicted octanol–water partition coefficient (Wildman–Crippen LogP) is 3.93. The maximum atomic E-state index is 12.3. The number of nitrogens with zero attached hydrogens (tertiary/aromatic N) is 1. The molecule has 0 radical (unpaired) electrons. The summed E-state index contributed by atoms with van der Waals surface area (Å²) >= 11 is 6.69. The fraction of sp³-hybridized carbons (Fsp3) is 0.333. The fourth-order valence-corrected chi connectivity index (χ4v) is 3.07. The lowest BCUT2D eigenvalue weighted by Crippen LogP contribution is -2.35. The molecule has 1 fully saturated rings. The Kier molecular flexibility index (Phi) is 4.11. The molecule has 19 heavy (non-hydrogen) atoms. The molecule has 0 spiro atoms. The topological polar surface area (TPSA) is 20.3 Å². The van der Waals surface area contributed by atoms with E-state index in [2.05, 4.69) is 20.8 Å². The average molecular weight is 291 g/mol. The quantitative estimate of drug-likeness (QED) is 0.608. The van der Waals surface area contributed by atoms with Crippen LogP contribution in [-0.2, 0) is 4.79 Å². The Labute approximate surface area is 123 Å². The van der Waals surface area contributed by atoms with Gasteiger partial charge in [-0.2, -0.15) is 0 Å². The number of carbonyl (C=O) groups is 1. The minimum Gasteiger partial charge on any atom is -0.292 e. The molecule has 1 saturated heterocycles. The summed E-state index contributed by atoms with van der Waals surface area (Å²) in [4.78, 5) is 14.8. The van der Waals surface area contributed by atoms with Gasteiger partial charge in [0.15, 0.2) is 0 Å². The van der Waals surface area contributed by atoms with Crippen LogP contribution >= 0.6 is 24.0 Å². The molecule has 1 aliphatic rings. The highest BCUT2D eigenvalue weighted by atomic mass is 32.2. The first-order chi connectivity index (χ1) is 8.87. The van der Waals surface area contributed by atoms with E-state index in [9.17, 15) is 4.79 Å². The molecule has 1 heterocycles. The van der Waals surface area contributed by atoms with Crippen LogP contribution in [0.1, 0.15) is 26.3 Å². The summed E-state index contributed by atoms with van der Waals surface area (Å²) in [5, 5.41) is 0. The molecule has 0 saturated carbocycles. The summed E-state index contributed by atoms with van der Waals surface area (Å²) in [6, 6.07) is 9.85. The lowest BCUT2D eigenvalue weighted by molar-refractivity contribution is -0.122. The van der Waals surface area contributed by atoms with Crippen LogP contribution < -0.4 is 0 Å². The number of thioether (sulfide) groups is 1. The number of carbonyl (C=O) groups excluding carboxylic acids is 1. The molecule has 100 valence electrons. The predicted molar refractivity (Wildman–Crippen MR) is 85.8 cm³/mol. The van der Waals surface area contributed by atoms with Crippen LogP contribution in [-0.4, -0.2) is 21.7 Å². The Morgan fingerprint density at radius 3 is 2.47 bits per heavy atom. The van der Waals surface area contributed by atoms with Crippen molar-refractivity contribution >= 4 is 40.3 Å². The summed E-state index contributed by atoms with van der Waals surface area (Å²) in [7, 11) is 0. The molecule has 2 rings (SSSR count). The van der Waals surface area contributed by atoms with Gasteiger partial charge in [0.2, 0.25) is 0 Å². The fourth-order valence-electron chi connectivity index (χ4n) is 1.81. The molecule has 1 aromatic carbocycles. The first-order valence-electron chi connectivity index (χ1n) is 6.17. The normalized spacial score (nSPS) is 18.5. The van der Waals surface area contributed by atoms with E-state index >= 15 is 0 Å². The molecule has 0 atom stereocenters. The molecular weight excluding hydrogens is 274 g/mol. The van der Waals surface area contributed by atoms with Crippen molar-refractivity contribution in [3.63, 3.8) is 0 Å². The van der Waals surface area contributed by atoms with Crippen molar-refractivity contribution in [3.05, 3.63) is 40.8 Å². The average Bonchev–Trinajstić information content (AvgIpc) is 2.57. The molecule has 0 aromatic heterocycles. The highest BCUT2D eigenvalue weighted by Crippen LogP contribution is 2.34. The van der Waals surface area contributed by atoms with Crippen LogP contribution in [0.2, 0.25) is 0 Å². The van der Waals surface area contributed by atoms with Gasteiger partial charge < -0.3 is 0 Å². The van der Waals surface area contributed by atoms with Gasteiger partial charge in [0, 0.05) is 6.54 Å². The first-order valence-corrected chi connectivity index (χ1v) is 7.40. The van der Waals surface area contributed by atoms with E-state index in [4.69, 9.17) is 12.2 Å². The molecule has 0 bridgehead atoms. The number of hydrogen-bond donors (Lipinski definition) is 0. The van der Waals surface area contributed by atoms with Crippen molar-refractivity contribution in [2.45, 2.75) is 20.8 Å². The first kappa shape index (κ1) is 14.3. The second kappa shape index (κ2) is 5.47. The van der Waals surface area contributed by atoms with Crippen LogP contribution in [0.25, 0.3) is 6.08 Å². The van der Waals surface area contributed by atoms with Gasteiger partial charge in [0.1, 0.15) is 4.32 Å². The van der Waals surface area contributed by atoms with Crippen LogP contribution in [0, 0.1) is 5.41 Å². The van der Waals surface area contributed by atoms with Crippen LogP contribution in [0.3, 0.4) is 0 Å². The second-order valence-electron chi connectivity index (χ2n) is 5.74.